The molecule has 1 aliphatic rings. The Morgan fingerprint density at radius 2 is 2.04 bits per heavy atom. The number of carbonyl (C=O) groups excluding carboxylic acids is 1. The Hall–Kier alpha value is -1.81. The number of aromatic nitrogens is 2. The largest absolute Gasteiger partial charge is 0.273 e. The lowest BCUT2D eigenvalue weighted by Crippen LogP contribution is -2.41. The Bertz CT molecular complexity index is 720. The smallest absolute Gasteiger partial charge is 0.243 e. The van der Waals surface area contributed by atoms with Crippen LogP contribution in [0.3, 0.4) is 0 Å². The number of nitrogens with zero attached hydrogens (tertiary/aromatic N) is 4. The van der Waals surface area contributed by atoms with E-state index in [0.717, 1.165) is 10.9 Å². The number of hydrazone groups is 1. The minimum absolute atomic E-state index is 0.222. The zero-order valence-corrected chi connectivity index (χ0v) is 14.1. The van der Waals surface area contributed by atoms with Crippen molar-refractivity contribution in [3.8, 4) is 0 Å². The number of hydrogen-bond donors (Lipinski definition) is 1. The van der Waals surface area contributed by atoms with Gasteiger partial charge in [0.15, 0.2) is 0 Å². The summed E-state index contributed by atoms with van der Waals surface area (Å²) in [6.45, 7) is 2.28. The van der Waals surface area contributed by atoms with Crippen LogP contribution in [0.15, 0.2) is 5.10 Å². The summed E-state index contributed by atoms with van der Waals surface area (Å²) in [5.74, 6) is -1.12. The molecule has 10 heteroatoms. The molecule has 0 unspecified atom stereocenters. The summed E-state index contributed by atoms with van der Waals surface area (Å²) in [6.07, 6.45) is 3.26. The molecule has 0 aromatic carbocycles. The lowest BCUT2D eigenvalue weighted by atomic mass is 9.98. The number of rotatable bonds is 4. The van der Waals surface area contributed by atoms with Gasteiger partial charge >= 0.3 is 0 Å². The van der Waals surface area contributed by atoms with Crippen molar-refractivity contribution in [2.24, 2.45) is 18.1 Å². The fourth-order valence-corrected chi connectivity index (χ4v) is 3.37. The highest BCUT2D eigenvalue weighted by molar-refractivity contribution is 7.88. The molecule has 0 atom stereocenters. The second-order valence-corrected chi connectivity index (χ2v) is 7.57. The van der Waals surface area contributed by atoms with E-state index in [1.54, 1.807) is 6.92 Å². The van der Waals surface area contributed by atoms with Crippen molar-refractivity contribution in [1.29, 1.82) is 0 Å². The number of nitrogens with one attached hydrogen (secondary N) is 1. The van der Waals surface area contributed by atoms with E-state index in [1.807, 2.05) is 0 Å². The second kappa shape index (κ2) is 6.75. The highest BCUT2D eigenvalue weighted by Gasteiger charge is 2.28. The van der Waals surface area contributed by atoms with Gasteiger partial charge in [0.05, 0.1) is 23.7 Å². The first-order valence-electron chi connectivity index (χ1n) is 7.17. The molecule has 1 aromatic rings. The Balaban J connectivity index is 1.90. The van der Waals surface area contributed by atoms with Crippen molar-refractivity contribution in [2.45, 2.75) is 19.8 Å². The minimum Gasteiger partial charge on any atom is -0.273 e. The summed E-state index contributed by atoms with van der Waals surface area (Å²) < 4.78 is 39.0. The Morgan fingerprint density at radius 3 is 2.52 bits per heavy atom. The number of piperidine rings is 1. The maximum absolute atomic E-state index is 13.7. The first-order valence-corrected chi connectivity index (χ1v) is 9.02. The van der Waals surface area contributed by atoms with Crippen LogP contribution < -0.4 is 5.43 Å². The van der Waals surface area contributed by atoms with E-state index in [-0.39, 0.29) is 17.4 Å². The fraction of sp³-hybridized carbons (Fsp3) is 0.615. The maximum atomic E-state index is 13.7. The number of hydrogen-bond acceptors (Lipinski definition) is 5. The number of carbonyl (C=O) groups is 1. The lowest BCUT2D eigenvalue weighted by Gasteiger charge is -2.28. The second-order valence-electron chi connectivity index (χ2n) is 5.58. The van der Waals surface area contributed by atoms with Gasteiger partial charge in [-0.2, -0.15) is 14.6 Å². The van der Waals surface area contributed by atoms with Crippen molar-refractivity contribution in [3.63, 3.8) is 0 Å². The Kier molecular flexibility index (Phi) is 5.15. The fourth-order valence-electron chi connectivity index (χ4n) is 2.49. The monoisotopic (exact) mass is 345 g/mol. The van der Waals surface area contributed by atoms with Crippen LogP contribution in [-0.2, 0) is 21.9 Å². The molecular formula is C13H20FN5O3S. The van der Waals surface area contributed by atoms with Crippen molar-refractivity contribution < 1.29 is 17.6 Å². The summed E-state index contributed by atoms with van der Waals surface area (Å²) in [5, 5.41) is 7.67. The molecule has 0 spiro atoms. The first kappa shape index (κ1) is 17.5. The zero-order valence-electron chi connectivity index (χ0n) is 13.3. The zero-order chi connectivity index (χ0) is 17.2. The molecule has 0 aliphatic carbocycles. The van der Waals surface area contributed by atoms with Crippen molar-refractivity contribution in [3.05, 3.63) is 17.2 Å². The summed E-state index contributed by atoms with van der Waals surface area (Å²) in [7, 11) is -1.73. The average molecular weight is 345 g/mol. The highest BCUT2D eigenvalue weighted by Crippen LogP contribution is 2.19. The number of aryl methyl sites for hydroxylation is 2. The predicted octanol–water partition coefficient (Wildman–Crippen LogP) is -0.0107. The van der Waals surface area contributed by atoms with Crippen molar-refractivity contribution in [2.75, 3.05) is 19.3 Å². The van der Waals surface area contributed by atoms with Gasteiger partial charge in [-0.15, -0.1) is 0 Å². The van der Waals surface area contributed by atoms with Crippen molar-refractivity contribution >= 4 is 22.1 Å². The van der Waals surface area contributed by atoms with Crippen LogP contribution >= 0.6 is 0 Å². The molecule has 1 N–H and O–H groups in total. The van der Waals surface area contributed by atoms with Gasteiger partial charge in [0.25, 0.3) is 0 Å². The van der Waals surface area contributed by atoms with E-state index in [1.165, 1.54) is 17.6 Å². The quantitative estimate of drug-likeness (QED) is 0.613. The van der Waals surface area contributed by atoms with E-state index in [9.17, 15) is 17.6 Å². The Labute approximate surface area is 134 Å². The van der Waals surface area contributed by atoms with Gasteiger partial charge in [-0.25, -0.2) is 22.8 Å². The molecule has 1 aromatic heterocycles. The van der Waals surface area contributed by atoms with Crippen LogP contribution in [0.1, 0.15) is 24.1 Å². The number of halogens is 1. The van der Waals surface area contributed by atoms with Crippen LogP contribution in [-0.4, -0.2) is 54.0 Å². The van der Waals surface area contributed by atoms with Gasteiger partial charge in [0.1, 0.15) is 0 Å². The van der Waals surface area contributed by atoms with Gasteiger partial charge in [-0.05, 0) is 19.8 Å². The molecule has 2 heterocycles. The lowest BCUT2D eigenvalue weighted by molar-refractivity contribution is -0.126. The van der Waals surface area contributed by atoms with Crippen molar-refractivity contribution in [1.82, 2.24) is 19.5 Å². The van der Waals surface area contributed by atoms with Gasteiger partial charge in [-0.1, -0.05) is 0 Å². The molecular weight excluding hydrogens is 325 g/mol. The number of sulfonamides is 1. The third kappa shape index (κ3) is 4.14. The normalized spacial score (nSPS) is 17.7. The molecule has 128 valence electrons. The predicted molar refractivity (Wildman–Crippen MR) is 82.8 cm³/mol. The van der Waals surface area contributed by atoms with E-state index >= 15 is 0 Å². The van der Waals surface area contributed by atoms with Gasteiger partial charge in [0, 0.05) is 26.1 Å². The molecule has 1 saturated heterocycles. The van der Waals surface area contributed by atoms with Gasteiger partial charge in [0.2, 0.25) is 21.9 Å². The average Bonchev–Trinajstić information content (AvgIpc) is 2.72. The van der Waals surface area contributed by atoms with Crippen LogP contribution in [0.4, 0.5) is 4.39 Å². The van der Waals surface area contributed by atoms with Gasteiger partial charge in [-0.3, -0.25) is 4.79 Å². The van der Waals surface area contributed by atoms with E-state index in [0.29, 0.717) is 31.6 Å². The molecule has 1 fully saturated rings. The molecule has 1 amide bonds. The molecule has 23 heavy (non-hydrogen) atoms. The van der Waals surface area contributed by atoms with E-state index in [2.05, 4.69) is 15.6 Å². The standard InChI is InChI=1S/C13H20FN5O3S/c1-9-11(12(14)18(2)17-9)8-15-16-13(20)10-4-6-19(7-5-10)23(3,21)22/h8,10H,4-7H2,1-3H3,(H,16,20)/b15-8+. The molecule has 0 saturated carbocycles. The maximum Gasteiger partial charge on any atom is 0.243 e. The number of amides is 1. The summed E-state index contributed by atoms with van der Waals surface area (Å²) >= 11 is 0. The molecule has 8 nitrogen and oxygen atoms in total. The van der Waals surface area contributed by atoms with Crippen LogP contribution in [0.2, 0.25) is 0 Å². The third-order valence-corrected chi connectivity index (χ3v) is 5.16. The van der Waals surface area contributed by atoms with Crippen LogP contribution in [0, 0.1) is 18.8 Å². The molecule has 0 radical (unpaired) electrons. The molecule has 1 aliphatic heterocycles. The highest BCUT2D eigenvalue weighted by atomic mass is 32.2. The summed E-state index contributed by atoms with van der Waals surface area (Å²) in [4.78, 5) is 12.0. The summed E-state index contributed by atoms with van der Waals surface area (Å²) in [6, 6.07) is 0. The topological polar surface area (TPSA) is 96.7 Å². The Morgan fingerprint density at radius 1 is 1.43 bits per heavy atom. The minimum atomic E-state index is -3.21. The third-order valence-electron chi connectivity index (χ3n) is 3.86. The molecule has 0 bridgehead atoms. The SMILES string of the molecule is Cc1nn(C)c(F)c1/C=N/NC(=O)C1CCN(S(C)(=O)=O)CC1. The van der Waals surface area contributed by atoms with Gasteiger partial charge < -0.3 is 0 Å². The van der Waals surface area contributed by atoms with E-state index < -0.39 is 16.0 Å². The first-order chi connectivity index (χ1) is 10.7. The van der Waals surface area contributed by atoms with Crippen LogP contribution in [0.5, 0.6) is 0 Å². The molecule has 2 rings (SSSR count). The van der Waals surface area contributed by atoms with E-state index in [4.69, 9.17) is 0 Å². The van der Waals surface area contributed by atoms with Crippen LogP contribution in [0.25, 0.3) is 0 Å². The summed E-state index contributed by atoms with van der Waals surface area (Å²) in [5.41, 5.74) is 3.08.